The van der Waals surface area contributed by atoms with Gasteiger partial charge in [-0.05, 0) is 57.6 Å². The molecule has 4 nitrogen and oxygen atoms in total. The van der Waals surface area contributed by atoms with Crippen molar-refractivity contribution in [1.29, 1.82) is 0 Å². The van der Waals surface area contributed by atoms with Crippen LogP contribution >= 0.6 is 0 Å². The van der Waals surface area contributed by atoms with E-state index in [4.69, 9.17) is 4.74 Å². The zero-order valence-electron chi connectivity index (χ0n) is 15.6. The van der Waals surface area contributed by atoms with Gasteiger partial charge in [0.1, 0.15) is 5.60 Å². The molecule has 1 fully saturated rings. The van der Waals surface area contributed by atoms with Gasteiger partial charge in [0, 0.05) is 25.7 Å². The van der Waals surface area contributed by atoms with E-state index in [0.717, 1.165) is 45.3 Å². The molecule has 0 aliphatic carbocycles. The third kappa shape index (κ3) is 6.16. The van der Waals surface area contributed by atoms with E-state index in [2.05, 4.69) is 36.5 Å². The molecule has 0 saturated carbocycles. The van der Waals surface area contributed by atoms with Crippen LogP contribution in [0.4, 0.5) is 4.79 Å². The van der Waals surface area contributed by atoms with E-state index >= 15 is 0 Å². The van der Waals surface area contributed by atoms with Gasteiger partial charge in [-0.2, -0.15) is 0 Å². The van der Waals surface area contributed by atoms with Crippen LogP contribution in [0.25, 0.3) is 0 Å². The number of benzene rings is 1. The lowest BCUT2D eigenvalue weighted by atomic mass is 10.1. The number of carbonyl (C=O) groups excluding carboxylic acids is 1. The molecule has 1 aliphatic rings. The Hall–Kier alpha value is -1.55. The van der Waals surface area contributed by atoms with Crippen molar-refractivity contribution in [3.8, 4) is 0 Å². The van der Waals surface area contributed by atoms with Crippen molar-refractivity contribution in [2.24, 2.45) is 0 Å². The highest BCUT2D eigenvalue weighted by atomic mass is 16.6. The second-order valence-corrected chi connectivity index (χ2v) is 7.65. The van der Waals surface area contributed by atoms with Gasteiger partial charge in [-0.1, -0.05) is 31.2 Å². The Morgan fingerprint density at radius 3 is 2.46 bits per heavy atom. The fourth-order valence-electron chi connectivity index (χ4n) is 2.96. The smallest absolute Gasteiger partial charge is 0.410 e. The van der Waals surface area contributed by atoms with Gasteiger partial charge in [0.25, 0.3) is 0 Å². The molecule has 0 radical (unpaired) electrons. The Morgan fingerprint density at radius 2 is 1.83 bits per heavy atom. The Kier molecular flexibility index (Phi) is 6.67. The number of hydrogen-bond donors (Lipinski definition) is 1. The Labute approximate surface area is 146 Å². The number of aryl methyl sites for hydroxylation is 1. The maximum absolute atomic E-state index is 12.2. The van der Waals surface area contributed by atoms with Crippen LogP contribution in [0, 0.1) is 0 Å². The number of amides is 1. The van der Waals surface area contributed by atoms with E-state index in [9.17, 15) is 4.79 Å². The van der Waals surface area contributed by atoms with Crippen molar-refractivity contribution in [1.82, 2.24) is 10.2 Å². The van der Waals surface area contributed by atoms with Gasteiger partial charge in [-0.3, -0.25) is 0 Å². The average molecular weight is 332 g/mol. The number of rotatable bonds is 4. The summed E-state index contributed by atoms with van der Waals surface area (Å²) in [7, 11) is 0. The van der Waals surface area contributed by atoms with Crippen LogP contribution < -0.4 is 5.32 Å². The van der Waals surface area contributed by atoms with Crippen LogP contribution in [-0.2, 0) is 17.7 Å². The van der Waals surface area contributed by atoms with Gasteiger partial charge >= 0.3 is 6.09 Å². The lowest BCUT2D eigenvalue weighted by Crippen LogP contribution is -2.38. The molecule has 1 unspecified atom stereocenters. The summed E-state index contributed by atoms with van der Waals surface area (Å²) in [4.78, 5) is 14.0. The van der Waals surface area contributed by atoms with Crippen LogP contribution in [0.5, 0.6) is 0 Å². The summed E-state index contributed by atoms with van der Waals surface area (Å²) in [6, 6.07) is 9.27. The van der Waals surface area contributed by atoms with Crippen LogP contribution in [0.2, 0.25) is 0 Å². The van der Waals surface area contributed by atoms with Crippen molar-refractivity contribution in [2.45, 2.75) is 71.6 Å². The van der Waals surface area contributed by atoms with Crippen LogP contribution in [0.15, 0.2) is 24.3 Å². The number of ether oxygens (including phenoxy) is 1. The molecule has 1 amide bonds. The van der Waals surface area contributed by atoms with E-state index in [1.807, 2.05) is 25.7 Å². The molecule has 1 atom stereocenters. The van der Waals surface area contributed by atoms with Crippen LogP contribution in [0.1, 0.15) is 58.1 Å². The fourth-order valence-corrected chi connectivity index (χ4v) is 2.96. The minimum Gasteiger partial charge on any atom is -0.444 e. The van der Waals surface area contributed by atoms with Crippen LogP contribution in [-0.4, -0.2) is 35.7 Å². The number of carbonyl (C=O) groups is 1. The molecule has 0 spiro atoms. The lowest BCUT2D eigenvalue weighted by molar-refractivity contribution is 0.0256. The SMILES string of the molecule is CCc1ccc(CNC2CCCN(C(=O)OC(C)(C)C)CC2)cc1. The molecule has 1 heterocycles. The highest BCUT2D eigenvalue weighted by Crippen LogP contribution is 2.16. The molecular weight excluding hydrogens is 300 g/mol. The minimum absolute atomic E-state index is 0.182. The Balaban J connectivity index is 1.79. The second kappa shape index (κ2) is 8.52. The highest BCUT2D eigenvalue weighted by molar-refractivity contribution is 5.68. The van der Waals surface area contributed by atoms with Gasteiger partial charge in [0.2, 0.25) is 0 Å². The Bertz CT molecular complexity index is 519. The molecule has 134 valence electrons. The number of hydrogen-bond acceptors (Lipinski definition) is 3. The zero-order chi connectivity index (χ0) is 17.6. The van der Waals surface area contributed by atoms with E-state index < -0.39 is 5.60 Å². The monoisotopic (exact) mass is 332 g/mol. The van der Waals surface area contributed by atoms with Gasteiger partial charge in [-0.15, -0.1) is 0 Å². The maximum Gasteiger partial charge on any atom is 0.410 e. The van der Waals surface area contributed by atoms with Crippen molar-refractivity contribution in [3.63, 3.8) is 0 Å². The average Bonchev–Trinajstić information content (AvgIpc) is 2.77. The fraction of sp³-hybridized carbons (Fsp3) is 0.650. The Morgan fingerprint density at radius 1 is 1.17 bits per heavy atom. The van der Waals surface area contributed by atoms with E-state index in [0.29, 0.717) is 6.04 Å². The third-order valence-electron chi connectivity index (χ3n) is 4.41. The van der Waals surface area contributed by atoms with E-state index in [1.54, 1.807) is 0 Å². The van der Waals surface area contributed by atoms with Crippen molar-refractivity contribution in [2.75, 3.05) is 13.1 Å². The normalized spacial score (nSPS) is 19.0. The first-order valence-corrected chi connectivity index (χ1v) is 9.16. The lowest BCUT2D eigenvalue weighted by Gasteiger charge is -2.26. The van der Waals surface area contributed by atoms with Gasteiger partial charge < -0.3 is 15.0 Å². The first-order valence-electron chi connectivity index (χ1n) is 9.16. The summed E-state index contributed by atoms with van der Waals surface area (Å²) in [5.74, 6) is 0. The summed E-state index contributed by atoms with van der Waals surface area (Å²) in [5, 5.41) is 3.64. The van der Waals surface area contributed by atoms with Crippen LogP contribution in [0.3, 0.4) is 0 Å². The van der Waals surface area contributed by atoms with Gasteiger partial charge in [0.05, 0.1) is 0 Å². The molecule has 1 saturated heterocycles. The highest BCUT2D eigenvalue weighted by Gasteiger charge is 2.24. The van der Waals surface area contributed by atoms with Crippen molar-refractivity contribution >= 4 is 6.09 Å². The largest absolute Gasteiger partial charge is 0.444 e. The molecule has 1 aliphatic heterocycles. The first-order chi connectivity index (χ1) is 11.4. The van der Waals surface area contributed by atoms with Gasteiger partial charge in [0.15, 0.2) is 0 Å². The summed E-state index contributed by atoms with van der Waals surface area (Å²) < 4.78 is 5.49. The summed E-state index contributed by atoms with van der Waals surface area (Å²) in [6.45, 7) is 10.4. The predicted octanol–water partition coefficient (Wildman–Crippen LogP) is 4.13. The molecule has 24 heavy (non-hydrogen) atoms. The molecule has 0 aromatic heterocycles. The summed E-state index contributed by atoms with van der Waals surface area (Å²) in [6.07, 6.45) is 4.00. The number of likely N-dealkylation sites (tertiary alicyclic amines) is 1. The molecule has 1 N–H and O–H groups in total. The van der Waals surface area contributed by atoms with Crippen molar-refractivity contribution < 1.29 is 9.53 Å². The topological polar surface area (TPSA) is 41.6 Å². The molecular formula is C20H32N2O2. The standard InChI is InChI=1S/C20H32N2O2/c1-5-16-8-10-17(11-9-16)15-21-18-7-6-13-22(14-12-18)19(23)24-20(2,3)4/h8-11,18,21H,5-7,12-15H2,1-4H3. The molecule has 0 bridgehead atoms. The van der Waals surface area contributed by atoms with E-state index in [-0.39, 0.29) is 6.09 Å². The maximum atomic E-state index is 12.2. The molecule has 1 aromatic carbocycles. The van der Waals surface area contributed by atoms with Gasteiger partial charge in [-0.25, -0.2) is 4.79 Å². The van der Waals surface area contributed by atoms with E-state index in [1.165, 1.54) is 11.1 Å². The number of nitrogens with one attached hydrogen (secondary N) is 1. The third-order valence-corrected chi connectivity index (χ3v) is 4.41. The summed E-state index contributed by atoms with van der Waals surface area (Å²) >= 11 is 0. The molecule has 4 heteroatoms. The number of nitrogens with zero attached hydrogens (tertiary/aromatic N) is 1. The summed E-state index contributed by atoms with van der Waals surface area (Å²) in [5.41, 5.74) is 2.27. The van der Waals surface area contributed by atoms with Crippen molar-refractivity contribution in [3.05, 3.63) is 35.4 Å². The molecule has 2 rings (SSSR count). The first kappa shape index (κ1) is 18.8. The quantitative estimate of drug-likeness (QED) is 0.901. The zero-order valence-corrected chi connectivity index (χ0v) is 15.6. The predicted molar refractivity (Wildman–Crippen MR) is 98.1 cm³/mol. The molecule has 1 aromatic rings. The minimum atomic E-state index is -0.425. The second-order valence-electron chi connectivity index (χ2n) is 7.65.